The molecule has 0 saturated carbocycles. The van der Waals surface area contributed by atoms with Crippen LogP contribution in [0.3, 0.4) is 0 Å². The number of rotatable bonds is 10. The van der Waals surface area contributed by atoms with Crippen LogP contribution in [0.1, 0.15) is 33.6 Å². The fourth-order valence-corrected chi connectivity index (χ4v) is 1.45. The number of hydrogen-bond acceptors (Lipinski definition) is 3. The molecule has 0 bridgehead atoms. The van der Waals surface area contributed by atoms with E-state index in [2.05, 4.69) is 36.3 Å². The number of amides is 1. The zero-order valence-electron chi connectivity index (χ0n) is 11.0. The highest BCUT2D eigenvalue weighted by Crippen LogP contribution is 1.84. The van der Waals surface area contributed by atoms with E-state index in [-0.39, 0.29) is 5.91 Å². The normalized spacial score (nSPS) is 10.8. The second kappa shape index (κ2) is 10.9. The van der Waals surface area contributed by atoms with Crippen molar-refractivity contribution in [2.24, 2.45) is 0 Å². The SMILES string of the molecule is CCCCNC(=O)CNCCN(CC)CC. The summed E-state index contributed by atoms with van der Waals surface area (Å²) in [5, 5.41) is 6.04. The van der Waals surface area contributed by atoms with Gasteiger partial charge in [0, 0.05) is 19.6 Å². The van der Waals surface area contributed by atoms with Crippen LogP contribution < -0.4 is 10.6 Å². The van der Waals surface area contributed by atoms with E-state index < -0.39 is 0 Å². The second-order valence-corrected chi connectivity index (χ2v) is 3.91. The van der Waals surface area contributed by atoms with Crippen LogP contribution in [0.5, 0.6) is 0 Å². The van der Waals surface area contributed by atoms with Crippen molar-refractivity contribution in [2.45, 2.75) is 33.6 Å². The molecule has 1 amide bonds. The third kappa shape index (κ3) is 8.68. The van der Waals surface area contributed by atoms with E-state index in [9.17, 15) is 4.79 Å². The smallest absolute Gasteiger partial charge is 0.233 e. The number of carbonyl (C=O) groups is 1. The Kier molecular flexibility index (Phi) is 10.5. The Hall–Kier alpha value is -0.610. The summed E-state index contributed by atoms with van der Waals surface area (Å²) in [4.78, 5) is 13.6. The Morgan fingerprint density at radius 2 is 1.81 bits per heavy atom. The Labute approximate surface area is 99.8 Å². The van der Waals surface area contributed by atoms with Gasteiger partial charge in [-0.05, 0) is 19.5 Å². The average molecular weight is 229 g/mol. The number of hydrogen-bond donors (Lipinski definition) is 2. The minimum atomic E-state index is 0.105. The van der Waals surface area contributed by atoms with Crippen LogP contribution in [0.4, 0.5) is 0 Å². The van der Waals surface area contributed by atoms with Gasteiger partial charge >= 0.3 is 0 Å². The summed E-state index contributed by atoms with van der Waals surface area (Å²) in [5.41, 5.74) is 0. The number of carbonyl (C=O) groups excluding carboxylic acids is 1. The number of likely N-dealkylation sites (N-methyl/N-ethyl adjacent to an activating group) is 1. The molecule has 0 aliphatic heterocycles. The Morgan fingerprint density at radius 1 is 1.12 bits per heavy atom. The molecule has 0 aromatic rings. The molecule has 0 atom stereocenters. The van der Waals surface area contributed by atoms with E-state index in [4.69, 9.17) is 0 Å². The fraction of sp³-hybridized carbons (Fsp3) is 0.917. The Balaban J connectivity index is 3.33. The number of unbranched alkanes of at least 4 members (excludes halogenated alkanes) is 1. The standard InChI is InChI=1S/C12H27N3O/c1-4-7-8-14-12(16)11-13-9-10-15(5-2)6-3/h13H,4-11H2,1-3H3,(H,14,16). The van der Waals surface area contributed by atoms with Gasteiger partial charge in [-0.1, -0.05) is 27.2 Å². The summed E-state index contributed by atoms with van der Waals surface area (Å²) in [7, 11) is 0. The maximum atomic E-state index is 11.3. The van der Waals surface area contributed by atoms with Gasteiger partial charge in [0.15, 0.2) is 0 Å². The van der Waals surface area contributed by atoms with Gasteiger partial charge < -0.3 is 15.5 Å². The Morgan fingerprint density at radius 3 is 2.38 bits per heavy atom. The molecule has 0 aromatic carbocycles. The molecule has 4 heteroatoms. The quantitative estimate of drug-likeness (QED) is 0.546. The van der Waals surface area contributed by atoms with Crippen molar-refractivity contribution in [3.63, 3.8) is 0 Å². The molecule has 0 radical (unpaired) electrons. The maximum absolute atomic E-state index is 11.3. The first-order valence-corrected chi connectivity index (χ1v) is 6.44. The number of nitrogens with zero attached hydrogens (tertiary/aromatic N) is 1. The molecule has 0 unspecified atom stereocenters. The molecular weight excluding hydrogens is 202 g/mol. The van der Waals surface area contributed by atoms with Crippen molar-refractivity contribution in [1.29, 1.82) is 0 Å². The topological polar surface area (TPSA) is 44.4 Å². The largest absolute Gasteiger partial charge is 0.355 e. The minimum absolute atomic E-state index is 0.105. The van der Waals surface area contributed by atoms with Crippen LogP contribution >= 0.6 is 0 Å². The molecule has 0 aliphatic carbocycles. The van der Waals surface area contributed by atoms with Gasteiger partial charge in [-0.15, -0.1) is 0 Å². The van der Waals surface area contributed by atoms with Gasteiger partial charge in [0.1, 0.15) is 0 Å². The molecule has 0 rings (SSSR count). The maximum Gasteiger partial charge on any atom is 0.233 e. The molecule has 0 fully saturated rings. The fourth-order valence-electron chi connectivity index (χ4n) is 1.45. The lowest BCUT2D eigenvalue weighted by atomic mass is 10.3. The Bertz CT molecular complexity index is 170. The van der Waals surface area contributed by atoms with E-state index in [1.807, 2.05) is 0 Å². The van der Waals surface area contributed by atoms with Crippen LogP contribution in [-0.2, 0) is 4.79 Å². The zero-order chi connectivity index (χ0) is 12.2. The summed E-state index contributed by atoms with van der Waals surface area (Å²) in [5.74, 6) is 0.105. The lowest BCUT2D eigenvalue weighted by Gasteiger charge is -2.17. The van der Waals surface area contributed by atoms with Crippen molar-refractivity contribution >= 4 is 5.91 Å². The van der Waals surface area contributed by atoms with E-state index in [1.165, 1.54) is 0 Å². The summed E-state index contributed by atoms with van der Waals surface area (Å²) < 4.78 is 0. The molecule has 16 heavy (non-hydrogen) atoms. The predicted octanol–water partition coefficient (Wildman–Crippen LogP) is 0.834. The van der Waals surface area contributed by atoms with Crippen LogP contribution in [0.25, 0.3) is 0 Å². The molecule has 96 valence electrons. The zero-order valence-corrected chi connectivity index (χ0v) is 11.0. The lowest BCUT2D eigenvalue weighted by molar-refractivity contribution is -0.120. The van der Waals surface area contributed by atoms with Crippen molar-refractivity contribution in [3.8, 4) is 0 Å². The van der Waals surface area contributed by atoms with Crippen molar-refractivity contribution in [1.82, 2.24) is 15.5 Å². The summed E-state index contributed by atoms with van der Waals surface area (Å²) in [6.45, 7) is 11.7. The minimum Gasteiger partial charge on any atom is -0.355 e. The van der Waals surface area contributed by atoms with Crippen molar-refractivity contribution in [3.05, 3.63) is 0 Å². The van der Waals surface area contributed by atoms with Gasteiger partial charge in [0.25, 0.3) is 0 Å². The summed E-state index contributed by atoms with van der Waals surface area (Å²) in [6.07, 6.45) is 2.18. The summed E-state index contributed by atoms with van der Waals surface area (Å²) >= 11 is 0. The molecule has 0 aliphatic rings. The predicted molar refractivity (Wildman–Crippen MR) is 68.6 cm³/mol. The molecule has 2 N–H and O–H groups in total. The van der Waals surface area contributed by atoms with Crippen molar-refractivity contribution < 1.29 is 4.79 Å². The van der Waals surface area contributed by atoms with Gasteiger partial charge in [0.05, 0.1) is 6.54 Å². The van der Waals surface area contributed by atoms with Gasteiger partial charge in [0.2, 0.25) is 5.91 Å². The lowest BCUT2D eigenvalue weighted by Crippen LogP contribution is -2.38. The highest BCUT2D eigenvalue weighted by atomic mass is 16.1. The molecule has 0 heterocycles. The monoisotopic (exact) mass is 229 g/mol. The van der Waals surface area contributed by atoms with E-state index in [0.717, 1.165) is 45.6 Å². The van der Waals surface area contributed by atoms with Crippen molar-refractivity contribution in [2.75, 3.05) is 39.3 Å². The molecule has 4 nitrogen and oxygen atoms in total. The first kappa shape index (κ1) is 15.4. The van der Waals surface area contributed by atoms with Crippen LogP contribution in [-0.4, -0.2) is 50.1 Å². The highest BCUT2D eigenvalue weighted by Gasteiger charge is 2.00. The van der Waals surface area contributed by atoms with Crippen LogP contribution in [0.15, 0.2) is 0 Å². The van der Waals surface area contributed by atoms with Gasteiger partial charge in [-0.3, -0.25) is 4.79 Å². The third-order valence-corrected chi connectivity index (χ3v) is 2.64. The van der Waals surface area contributed by atoms with Gasteiger partial charge in [-0.2, -0.15) is 0 Å². The third-order valence-electron chi connectivity index (χ3n) is 2.64. The van der Waals surface area contributed by atoms with Crippen LogP contribution in [0, 0.1) is 0 Å². The average Bonchev–Trinajstić information content (AvgIpc) is 2.30. The molecule has 0 aromatic heterocycles. The van der Waals surface area contributed by atoms with E-state index in [0.29, 0.717) is 6.54 Å². The highest BCUT2D eigenvalue weighted by molar-refractivity contribution is 5.77. The first-order valence-electron chi connectivity index (χ1n) is 6.44. The van der Waals surface area contributed by atoms with Gasteiger partial charge in [-0.25, -0.2) is 0 Å². The summed E-state index contributed by atoms with van der Waals surface area (Å²) in [6, 6.07) is 0. The molecule has 0 spiro atoms. The van der Waals surface area contributed by atoms with E-state index >= 15 is 0 Å². The first-order chi connectivity index (χ1) is 7.74. The molecular formula is C12H27N3O. The van der Waals surface area contributed by atoms with E-state index in [1.54, 1.807) is 0 Å². The second-order valence-electron chi connectivity index (χ2n) is 3.91. The number of nitrogens with one attached hydrogen (secondary N) is 2. The van der Waals surface area contributed by atoms with Crippen LogP contribution in [0.2, 0.25) is 0 Å². The molecule has 0 saturated heterocycles.